The maximum Gasteiger partial charge on any atom is 0.203 e. The molecule has 1 saturated carbocycles. The molecule has 0 aliphatic heterocycles. The van der Waals surface area contributed by atoms with Gasteiger partial charge in [0.1, 0.15) is 0 Å². The first kappa shape index (κ1) is 15.9. The summed E-state index contributed by atoms with van der Waals surface area (Å²) in [5.41, 5.74) is 6.68. The molecule has 19 heavy (non-hydrogen) atoms. The number of hydrogen-bond donors (Lipinski definition) is 1. The van der Waals surface area contributed by atoms with Crippen LogP contribution in [0.5, 0.6) is 17.2 Å². The summed E-state index contributed by atoms with van der Waals surface area (Å²) in [6.45, 7) is 0.606. The van der Waals surface area contributed by atoms with Crippen molar-refractivity contribution in [2.24, 2.45) is 5.73 Å². The fraction of sp³-hybridized carbons (Fsp3) is 0.571. The Bertz CT molecular complexity index is 383. The monoisotopic (exact) mass is 287 g/mol. The Morgan fingerprint density at radius 1 is 1.16 bits per heavy atom. The Hall–Kier alpha value is -1.13. The molecule has 108 valence electrons. The Labute approximate surface area is 120 Å². The molecule has 0 radical (unpaired) electrons. The summed E-state index contributed by atoms with van der Waals surface area (Å²) in [7, 11) is 3.29. The Balaban J connectivity index is 0.00000180. The second-order valence-corrected chi connectivity index (χ2v) is 4.54. The van der Waals surface area contributed by atoms with E-state index in [1.54, 1.807) is 14.2 Å². The van der Waals surface area contributed by atoms with Gasteiger partial charge in [0.2, 0.25) is 5.75 Å². The van der Waals surface area contributed by atoms with Gasteiger partial charge in [-0.1, -0.05) is 0 Å². The van der Waals surface area contributed by atoms with Crippen LogP contribution in [-0.2, 0) is 6.42 Å². The van der Waals surface area contributed by atoms with Crippen molar-refractivity contribution in [1.82, 2.24) is 0 Å². The van der Waals surface area contributed by atoms with E-state index in [0.29, 0.717) is 18.4 Å². The second-order valence-electron chi connectivity index (χ2n) is 4.54. The molecule has 0 amide bonds. The molecule has 0 aromatic heterocycles. The van der Waals surface area contributed by atoms with Crippen LogP contribution in [0.1, 0.15) is 24.8 Å². The first-order chi connectivity index (χ1) is 8.78. The van der Waals surface area contributed by atoms with Crippen molar-refractivity contribution in [3.8, 4) is 17.2 Å². The summed E-state index contributed by atoms with van der Waals surface area (Å²) in [5.74, 6) is 2.17. The molecule has 1 aliphatic carbocycles. The van der Waals surface area contributed by atoms with Crippen molar-refractivity contribution in [1.29, 1.82) is 0 Å². The van der Waals surface area contributed by atoms with E-state index in [4.69, 9.17) is 19.9 Å². The average molecular weight is 288 g/mol. The quantitative estimate of drug-likeness (QED) is 0.874. The van der Waals surface area contributed by atoms with Crippen LogP contribution in [-0.4, -0.2) is 26.9 Å². The van der Waals surface area contributed by atoms with E-state index in [1.807, 2.05) is 12.1 Å². The number of rotatable bonds is 6. The molecule has 1 aliphatic rings. The molecule has 0 unspecified atom stereocenters. The van der Waals surface area contributed by atoms with Crippen molar-refractivity contribution in [3.05, 3.63) is 17.7 Å². The van der Waals surface area contributed by atoms with Gasteiger partial charge in [-0.2, -0.15) is 0 Å². The number of methoxy groups -OCH3 is 2. The highest BCUT2D eigenvalue weighted by Gasteiger charge is 2.23. The van der Waals surface area contributed by atoms with Crippen LogP contribution in [0.15, 0.2) is 12.1 Å². The van der Waals surface area contributed by atoms with Crippen molar-refractivity contribution in [2.75, 3.05) is 20.8 Å². The molecule has 1 fully saturated rings. The maximum absolute atomic E-state index is 5.95. The molecular weight excluding hydrogens is 266 g/mol. The van der Waals surface area contributed by atoms with Gasteiger partial charge in [-0.05, 0) is 49.9 Å². The van der Waals surface area contributed by atoms with Gasteiger partial charge in [-0.3, -0.25) is 0 Å². The van der Waals surface area contributed by atoms with Crippen LogP contribution in [0.25, 0.3) is 0 Å². The normalized spacial score (nSPS) is 14.3. The number of ether oxygens (including phenoxy) is 3. The van der Waals surface area contributed by atoms with E-state index in [0.717, 1.165) is 36.3 Å². The third-order valence-electron chi connectivity index (χ3n) is 3.29. The molecule has 2 N–H and O–H groups in total. The zero-order valence-corrected chi connectivity index (χ0v) is 12.3. The number of nitrogens with two attached hydrogens (primary N) is 1. The molecular formula is C14H22ClNO3. The van der Waals surface area contributed by atoms with Crippen LogP contribution in [0.3, 0.4) is 0 Å². The van der Waals surface area contributed by atoms with Crippen LogP contribution >= 0.6 is 12.4 Å². The predicted molar refractivity (Wildman–Crippen MR) is 77.8 cm³/mol. The van der Waals surface area contributed by atoms with Gasteiger partial charge in [0.15, 0.2) is 11.5 Å². The number of hydrogen-bond acceptors (Lipinski definition) is 4. The zero-order chi connectivity index (χ0) is 13.0. The Morgan fingerprint density at radius 3 is 2.11 bits per heavy atom. The molecule has 1 aromatic rings. The lowest BCUT2D eigenvalue weighted by molar-refractivity contribution is 0.111. The van der Waals surface area contributed by atoms with E-state index in [9.17, 15) is 0 Å². The highest BCUT2D eigenvalue weighted by Crippen LogP contribution is 2.41. The van der Waals surface area contributed by atoms with Gasteiger partial charge in [0.05, 0.1) is 20.3 Å². The minimum atomic E-state index is 0. The third kappa shape index (κ3) is 3.67. The fourth-order valence-corrected chi connectivity index (χ4v) is 2.02. The average Bonchev–Trinajstić information content (AvgIpc) is 2.34. The topological polar surface area (TPSA) is 53.7 Å². The van der Waals surface area contributed by atoms with Gasteiger partial charge in [0, 0.05) is 0 Å². The molecule has 0 bridgehead atoms. The van der Waals surface area contributed by atoms with Gasteiger partial charge < -0.3 is 19.9 Å². The molecule has 0 atom stereocenters. The van der Waals surface area contributed by atoms with Gasteiger partial charge in [-0.15, -0.1) is 12.4 Å². The zero-order valence-electron chi connectivity index (χ0n) is 11.5. The van der Waals surface area contributed by atoms with Crippen molar-refractivity contribution >= 4 is 12.4 Å². The number of benzene rings is 1. The summed E-state index contributed by atoms with van der Waals surface area (Å²) >= 11 is 0. The highest BCUT2D eigenvalue weighted by molar-refractivity contribution is 5.85. The van der Waals surface area contributed by atoms with Crippen LogP contribution in [0.4, 0.5) is 0 Å². The lowest BCUT2D eigenvalue weighted by Crippen LogP contribution is -2.25. The minimum absolute atomic E-state index is 0. The minimum Gasteiger partial charge on any atom is -0.493 e. The largest absolute Gasteiger partial charge is 0.493 e. The summed E-state index contributed by atoms with van der Waals surface area (Å²) < 4.78 is 16.7. The van der Waals surface area contributed by atoms with E-state index >= 15 is 0 Å². The van der Waals surface area contributed by atoms with E-state index in [2.05, 4.69) is 0 Å². The van der Waals surface area contributed by atoms with Gasteiger partial charge in [0.25, 0.3) is 0 Å². The van der Waals surface area contributed by atoms with Crippen LogP contribution in [0.2, 0.25) is 0 Å². The SMILES string of the molecule is COc1cc(CCN)cc(OC)c1OC1CCC1.Cl. The molecule has 1 aromatic carbocycles. The summed E-state index contributed by atoms with van der Waals surface area (Å²) in [5, 5.41) is 0. The maximum atomic E-state index is 5.95. The summed E-state index contributed by atoms with van der Waals surface area (Å²) in [4.78, 5) is 0. The molecule has 0 spiro atoms. The molecule has 0 saturated heterocycles. The van der Waals surface area contributed by atoms with Crippen molar-refractivity contribution in [3.63, 3.8) is 0 Å². The fourth-order valence-electron chi connectivity index (χ4n) is 2.02. The second kappa shape index (κ2) is 7.46. The van der Waals surface area contributed by atoms with Crippen LogP contribution in [0, 0.1) is 0 Å². The molecule has 4 nitrogen and oxygen atoms in total. The number of halogens is 1. The smallest absolute Gasteiger partial charge is 0.203 e. The standard InChI is InChI=1S/C14H21NO3.ClH/c1-16-12-8-10(6-7-15)9-13(17-2)14(12)18-11-4-3-5-11;/h8-9,11H,3-7,15H2,1-2H3;1H. The molecule has 0 heterocycles. The van der Waals surface area contributed by atoms with Gasteiger partial charge >= 0.3 is 0 Å². The van der Waals surface area contributed by atoms with E-state index in [-0.39, 0.29) is 12.4 Å². The Kier molecular flexibility index (Phi) is 6.25. The lowest BCUT2D eigenvalue weighted by atomic mass is 9.96. The molecule has 5 heteroatoms. The summed E-state index contributed by atoms with van der Waals surface area (Å²) in [6.07, 6.45) is 4.55. The van der Waals surface area contributed by atoms with Crippen LogP contribution < -0.4 is 19.9 Å². The lowest BCUT2D eigenvalue weighted by Gasteiger charge is -2.28. The van der Waals surface area contributed by atoms with Gasteiger partial charge in [-0.25, -0.2) is 0 Å². The van der Waals surface area contributed by atoms with E-state index < -0.39 is 0 Å². The third-order valence-corrected chi connectivity index (χ3v) is 3.29. The van der Waals surface area contributed by atoms with E-state index in [1.165, 1.54) is 6.42 Å². The van der Waals surface area contributed by atoms with Crippen molar-refractivity contribution in [2.45, 2.75) is 31.8 Å². The molecule has 2 rings (SSSR count). The van der Waals surface area contributed by atoms with Crippen molar-refractivity contribution < 1.29 is 14.2 Å². The highest BCUT2D eigenvalue weighted by atomic mass is 35.5. The predicted octanol–water partition coefficient (Wildman–Crippen LogP) is 2.56. The first-order valence-electron chi connectivity index (χ1n) is 6.40. The summed E-state index contributed by atoms with van der Waals surface area (Å²) in [6, 6.07) is 3.95. The Morgan fingerprint density at radius 2 is 1.74 bits per heavy atom. The first-order valence-corrected chi connectivity index (χ1v) is 6.40.